The number of hydrogen-bond acceptors (Lipinski definition) is 5. The van der Waals surface area contributed by atoms with E-state index in [4.69, 9.17) is 5.73 Å². The predicted octanol–water partition coefficient (Wildman–Crippen LogP) is -0.118. The topological polar surface area (TPSA) is 92.5 Å². The highest BCUT2D eigenvalue weighted by atomic mass is 32.2. The third-order valence-electron chi connectivity index (χ3n) is 4.70. The molecule has 7 heteroatoms. The number of nitrogens with two attached hydrogens (primary N) is 1. The number of hydrogen-bond donors (Lipinski definition) is 2. The summed E-state index contributed by atoms with van der Waals surface area (Å²) in [4.78, 5) is 14.2. The van der Waals surface area contributed by atoms with E-state index in [1.165, 1.54) is 0 Å². The SMILES string of the molecule is CN(CC(=O)NC1(C)CCS(=O)(=O)C1)C1CCC(N)CC1. The normalized spacial score (nSPS) is 35.8. The first-order chi connectivity index (χ1) is 9.69. The van der Waals surface area contributed by atoms with Gasteiger partial charge in [0, 0.05) is 12.1 Å². The van der Waals surface area contributed by atoms with Gasteiger partial charge in [0.05, 0.1) is 23.6 Å². The zero-order valence-corrected chi connectivity index (χ0v) is 13.8. The zero-order chi connectivity index (χ0) is 15.7. The van der Waals surface area contributed by atoms with Crippen molar-refractivity contribution in [1.29, 1.82) is 0 Å². The molecule has 1 aliphatic heterocycles. The molecule has 2 fully saturated rings. The lowest BCUT2D eigenvalue weighted by molar-refractivity contribution is -0.124. The fraction of sp³-hybridized carbons (Fsp3) is 0.929. The predicted molar refractivity (Wildman–Crippen MR) is 82.7 cm³/mol. The van der Waals surface area contributed by atoms with Crippen molar-refractivity contribution in [2.75, 3.05) is 25.1 Å². The van der Waals surface area contributed by atoms with Crippen LogP contribution < -0.4 is 11.1 Å². The summed E-state index contributed by atoms with van der Waals surface area (Å²) in [5.74, 6) is 0.125. The van der Waals surface area contributed by atoms with Crippen molar-refractivity contribution in [2.45, 2.75) is 56.7 Å². The van der Waals surface area contributed by atoms with Crippen LogP contribution in [0.25, 0.3) is 0 Å². The van der Waals surface area contributed by atoms with Crippen LogP contribution >= 0.6 is 0 Å². The summed E-state index contributed by atoms with van der Waals surface area (Å²) in [6.07, 6.45) is 4.56. The highest BCUT2D eigenvalue weighted by Crippen LogP contribution is 2.23. The fourth-order valence-corrected chi connectivity index (χ4v) is 5.48. The van der Waals surface area contributed by atoms with Gasteiger partial charge < -0.3 is 11.1 Å². The molecule has 6 nitrogen and oxygen atoms in total. The third kappa shape index (κ3) is 4.66. The van der Waals surface area contributed by atoms with Crippen molar-refractivity contribution in [2.24, 2.45) is 5.73 Å². The largest absolute Gasteiger partial charge is 0.349 e. The minimum Gasteiger partial charge on any atom is -0.349 e. The van der Waals surface area contributed by atoms with Crippen molar-refractivity contribution < 1.29 is 13.2 Å². The molecule has 1 amide bonds. The van der Waals surface area contributed by atoms with Crippen LogP contribution in [0, 0.1) is 0 Å². The molecule has 2 rings (SSSR count). The van der Waals surface area contributed by atoms with Gasteiger partial charge in [-0.25, -0.2) is 8.42 Å². The Morgan fingerprint density at radius 2 is 1.95 bits per heavy atom. The van der Waals surface area contributed by atoms with Gasteiger partial charge >= 0.3 is 0 Å². The highest BCUT2D eigenvalue weighted by Gasteiger charge is 2.39. The maximum absolute atomic E-state index is 12.2. The Morgan fingerprint density at radius 3 is 2.48 bits per heavy atom. The van der Waals surface area contributed by atoms with Crippen LogP contribution in [0.4, 0.5) is 0 Å². The molecular weight excluding hydrogens is 290 g/mol. The molecule has 0 radical (unpaired) electrons. The number of nitrogens with zero attached hydrogens (tertiary/aromatic N) is 1. The number of nitrogens with one attached hydrogen (secondary N) is 1. The van der Waals surface area contributed by atoms with Crippen LogP contribution in [0.2, 0.25) is 0 Å². The first-order valence-electron chi connectivity index (χ1n) is 7.66. The number of likely N-dealkylation sites (N-methyl/N-ethyl adjacent to an activating group) is 1. The molecule has 0 aromatic rings. The van der Waals surface area contributed by atoms with E-state index in [0.717, 1.165) is 25.7 Å². The van der Waals surface area contributed by atoms with E-state index in [9.17, 15) is 13.2 Å². The molecular formula is C14H27N3O3S. The molecule has 0 aromatic carbocycles. The molecule has 1 atom stereocenters. The van der Waals surface area contributed by atoms with E-state index in [-0.39, 0.29) is 17.4 Å². The Kier molecular flexibility index (Phi) is 4.95. The van der Waals surface area contributed by atoms with E-state index in [2.05, 4.69) is 10.2 Å². The molecule has 0 spiro atoms. The summed E-state index contributed by atoms with van der Waals surface area (Å²) in [6, 6.07) is 0.696. The van der Waals surface area contributed by atoms with Gasteiger partial charge in [0.2, 0.25) is 5.91 Å². The molecule has 1 heterocycles. The van der Waals surface area contributed by atoms with Crippen molar-refractivity contribution in [3.05, 3.63) is 0 Å². The summed E-state index contributed by atoms with van der Waals surface area (Å²) in [6.45, 7) is 2.13. The van der Waals surface area contributed by atoms with Crippen LogP contribution in [0.1, 0.15) is 39.0 Å². The van der Waals surface area contributed by atoms with Crippen molar-refractivity contribution in [3.63, 3.8) is 0 Å². The standard InChI is InChI=1S/C14H27N3O3S/c1-14(7-8-21(19,20)10-14)16-13(18)9-17(2)12-5-3-11(15)4-6-12/h11-12H,3-10,15H2,1-2H3,(H,16,18). The van der Waals surface area contributed by atoms with Gasteiger partial charge in [-0.05, 0) is 46.1 Å². The first-order valence-corrected chi connectivity index (χ1v) is 9.48. The molecule has 122 valence electrons. The average molecular weight is 317 g/mol. The average Bonchev–Trinajstić information content (AvgIpc) is 2.63. The number of sulfone groups is 1. The summed E-state index contributed by atoms with van der Waals surface area (Å²) < 4.78 is 23.1. The number of carbonyl (C=O) groups excluding carboxylic acids is 1. The van der Waals surface area contributed by atoms with E-state index in [1.54, 1.807) is 0 Å². The van der Waals surface area contributed by atoms with Crippen LogP contribution in [0.15, 0.2) is 0 Å². The van der Waals surface area contributed by atoms with E-state index in [1.807, 2.05) is 14.0 Å². The Balaban J connectivity index is 1.82. The van der Waals surface area contributed by atoms with Gasteiger partial charge in [0.15, 0.2) is 9.84 Å². The molecule has 1 saturated carbocycles. The van der Waals surface area contributed by atoms with E-state index >= 15 is 0 Å². The first kappa shape index (κ1) is 16.7. The molecule has 0 bridgehead atoms. The Hall–Kier alpha value is -0.660. The lowest BCUT2D eigenvalue weighted by atomic mass is 9.91. The molecule has 2 aliphatic rings. The number of rotatable bonds is 4. The number of carbonyl (C=O) groups is 1. The molecule has 1 aliphatic carbocycles. The van der Waals surface area contributed by atoms with Crippen LogP contribution in [-0.4, -0.2) is 61.9 Å². The van der Waals surface area contributed by atoms with Gasteiger partial charge in [-0.15, -0.1) is 0 Å². The molecule has 1 saturated heterocycles. The lowest BCUT2D eigenvalue weighted by Gasteiger charge is -2.34. The van der Waals surface area contributed by atoms with Gasteiger partial charge in [-0.3, -0.25) is 9.69 Å². The second-order valence-electron chi connectivity index (χ2n) is 6.93. The minimum atomic E-state index is -3.00. The maximum Gasteiger partial charge on any atom is 0.234 e. The van der Waals surface area contributed by atoms with Gasteiger partial charge in [-0.1, -0.05) is 0 Å². The summed E-state index contributed by atoms with van der Waals surface area (Å²) in [5, 5.41) is 2.91. The van der Waals surface area contributed by atoms with Crippen molar-refractivity contribution >= 4 is 15.7 Å². The van der Waals surface area contributed by atoms with Gasteiger partial charge in [0.1, 0.15) is 0 Å². The number of amides is 1. The smallest absolute Gasteiger partial charge is 0.234 e. The van der Waals surface area contributed by atoms with Crippen LogP contribution in [0.5, 0.6) is 0 Å². The fourth-order valence-electron chi connectivity index (χ4n) is 3.38. The minimum absolute atomic E-state index is 0.0493. The molecule has 0 aromatic heterocycles. The van der Waals surface area contributed by atoms with E-state index < -0.39 is 15.4 Å². The summed E-state index contributed by atoms with van der Waals surface area (Å²) in [7, 11) is -1.04. The highest BCUT2D eigenvalue weighted by molar-refractivity contribution is 7.91. The zero-order valence-electron chi connectivity index (χ0n) is 13.0. The van der Waals surface area contributed by atoms with Crippen LogP contribution in [-0.2, 0) is 14.6 Å². The summed E-state index contributed by atoms with van der Waals surface area (Å²) in [5.41, 5.74) is 5.29. The van der Waals surface area contributed by atoms with E-state index in [0.29, 0.717) is 25.0 Å². The quantitative estimate of drug-likeness (QED) is 0.754. The third-order valence-corrected chi connectivity index (χ3v) is 6.61. The van der Waals surface area contributed by atoms with Gasteiger partial charge in [-0.2, -0.15) is 0 Å². The monoisotopic (exact) mass is 317 g/mol. The molecule has 21 heavy (non-hydrogen) atoms. The second kappa shape index (κ2) is 6.22. The summed E-state index contributed by atoms with van der Waals surface area (Å²) >= 11 is 0. The second-order valence-corrected chi connectivity index (χ2v) is 9.12. The van der Waals surface area contributed by atoms with Gasteiger partial charge in [0.25, 0.3) is 0 Å². The molecule has 3 N–H and O–H groups in total. The van der Waals surface area contributed by atoms with Crippen LogP contribution in [0.3, 0.4) is 0 Å². The Bertz CT molecular complexity index is 486. The van der Waals surface area contributed by atoms with Crippen molar-refractivity contribution in [3.8, 4) is 0 Å². The Morgan fingerprint density at radius 1 is 1.33 bits per heavy atom. The lowest BCUT2D eigenvalue weighted by Crippen LogP contribution is -2.51. The maximum atomic E-state index is 12.2. The Labute approximate surface area is 127 Å². The van der Waals surface area contributed by atoms with Crippen molar-refractivity contribution in [1.82, 2.24) is 10.2 Å². The molecule has 1 unspecified atom stereocenters.